The first-order valence-corrected chi connectivity index (χ1v) is 17.1. The summed E-state index contributed by atoms with van der Waals surface area (Å²) in [4.78, 5) is 46.4. The summed E-state index contributed by atoms with van der Waals surface area (Å²) in [6, 6.07) is 12.5. The second kappa shape index (κ2) is 11.9. The lowest BCUT2D eigenvalue weighted by Gasteiger charge is -2.30. The molecule has 4 aliphatic heterocycles. The van der Waals surface area contributed by atoms with Crippen LogP contribution in [0.5, 0.6) is 11.5 Å². The third kappa shape index (κ3) is 5.12. The predicted octanol–water partition coefficient (Wildman–Crippen LogP) is 4.79. The summed E-state index contributed by atoms with van der Waals surface area (Å²) in [6.07, 6.45) is 4.98. The first-order valence-electron chi connectivity index (χ1n) is 17.1. The highest BCUT2D eigenvalue weighted by atomic mass is 19.1. The van der Waals surface area contributed by atoms with Crippen LogP contribution in [0.15, 0.2) is 57.9 Å². The minimum absolute atomic E-state index is 0.00749. The van der Waals surface area contributed by atoms with Crippen LogP contribution in [-0.4, -0.2) is 91.3 Å². The molecule has 5 aromatic rings. The van der Waals surface area contributed by atoms with E-state index in [9.17, 15) is 14.4 Å². The Morgan fingerprint density at radius 1 is 0.939 bits per heavy atom. The number of anilines is 1. The van der Waals surface area contributed by atoms with E-state index in [0.717, 1.165) is 30.4 Å². The Morgan fingerprint density at radius 2 is 1.76 bits per heavy atom. The fraction of sp³-hybridized carbons (Fsp3) is 0.378. The van der Waals surface area contributed by atoms with E-state index in [1.807, 2.05) is 41.3 Å². The lowest BCUT2D eigenvalue weighted by molar-refractivity contribution is -0.121. The number of likely N-dealkylation sites (tertiary alicyclic amines) is 1. The minimum Gasteiger partial charge on any atom is -0.456 e. The maximum absolute atomic E-state index is 16.4. The molecule has 6 heterocycles. The number of rotatable bonds is 6. The molecule has 49 heavy (non-hydrogen) atoms. The van der Waals surface area contributed by atoms with Crippen molar-refractivity contribution >= 4 is 50.3 Å². The highest BCUT2D eigenvalue weighted by Gasteiger charge is 2.35. The smallest absolute Gasteiger partial charge is 0.259 e. The first-order chi connectivity index (χ1) is 23.9. The van der Waals surface area contributed by atoms with Crippen LogP contribution >= 0.6 is 0 Å². The van der Waals surface area contributed by atoms with Gasteiger partial charge in [0.05, 0.1) is 24.3 Å². The van der Waals surface area contributed by atoms with Gasteiger partial charge in [-0.3, -0.25) is 14.4 Å². The number of hydrogen-bond donors (Lipinski definition) is 1. The SMILES string of the molecule is O=C(CCN1CCCC1)N[C@@H]1CCN(c2c(F)cc3c(=O)c(C(=O)N4CCOCC4)cn4c3c2Oc2cc3c(cc2-4)oc2ccccc23)C1. The quantitative estimate of drug-likeness (QED) is 0.271. The molecule has 3 aromatic carbocycles. The molecule has 3 fully saturated rings. The maximum atomic E-state index is 16.4. The van der Waals surface area contributed by atoms with Gasteiger partial charge in [0, 0.05) is 68.2 Å². The van der Waals surface area contributed by atoms with Gasteiger partial charge in [-0.05, 0) is 50.6 Å². The summed E-state index contributed by atoms with van der Waals surface area (Å²) < 4.78 is 36.4. The number of benzene rings is 3. The minimum atomic E-state index is -0.624. The molecule has 3 saturated heterocycles. The zero-order valence-corrected chi connectivity index (χ0v) is 27.0. The molecular formula is C37H36FN5O6. The van der Waals surface area contributed by atoms with Gasteiger partial charge in [0.2, 0.25) is 11.3 Å². The van der Waals surface area contributed by atoms with Gasteiger partial charge in [0.25, 0.3) is 5.91 Å². The van der Waals surface area contributed by atoms with Gasteiger partial charge in [0.1, 0.15) is 27.9 Å². The molecule has 4 aliphatic rings. The van der Waals surface area contributed by atoms with Gasteiger partial charge >= 0.3 is 0 Å². The number of carbonyl (C=O) groups is 2. The van der Waals surface area contributed by atoms with Gasteiger partial charge in [-0.25, -0.2) is 4.39 Å². The Balaban J connectivity index is 1.13. The Bertz CT molecular complexity index is 2220. The zero-order chi connectivity index (χ0) is 33.2. The highest BCUT2D eigenvalue weighted by molar-refractivity contribution is 6.07. The van der Waals surface area contributed by atoms with Crippen LogP contribution in [0.2, 0.25) is 0 Å². The molecule has 0 spiro atoms. The summed E-state index contributed by atoms with van der Waals surface area (Å²) in [7, 11) is 0. The van der Waals surface area contributed by atoms with E-state index in [2.05, 4.69) is 10.2 Å². The molecular weight excluding hydrogens is 629 g/mol. The van der Waals surface area contributed by atoms with Crippen molar-refractivity contribution in [2.75, 3.05) is 63.9 Å². The average molecular weight is 666 g/mol. The topological polar surface area (TPSA) is 109 Å². The number of amides is 2. The van der Waals surface area contributed by atoms with Crippen molar-refractivity contribution in [1.29, 1.82) is 0 Å². The fourth-order valence-electron chi connectivity index (χ4n) is 7.85. The second-order valence-electron chi connectivity index (χ2n) is 13.4. The van der Waals surface area contributed by atoms with E-state index in [1.54, 1.807) is 15.7 Å². The summed E-state index contributed by atoms with van der Waals surface area (Å²) in [6.45, 7) is 5.18. The van der Waals surface area contributed by atoms with Crippen molar-refractivity contribution < 1.29 is 27.9 Å². The van der Waals surface area contributed by atoms with Crippen molar-refractivity contribution in [2.24, 2.45) is 0 Å². The molecule has 1 N–H and O–H groups in total. The number of carbonyl (C=O) groups excluding carboxylic acids is 2. The number of morpholine rings is 1. The van der Waals surface area contributed by atoms with Crippen molar-refractivity contribution in [2.45, 2.75) is 31.7 Å². The van der Waals surface area contributed by atoms with E-state index in [4.69, 9.17) is 13.9 Å². The molecule has 252 valence electrons. The number of ether oxygens (including phenoxy) is 2. The number of para-hydroxylation sites is 1. The number of nitrogens with zero attached hydrogens (tertiary/aromatic N) is 4. The van der Waals surface area contributed by atoms with Crippen LogP contribution in [-0.2, 0) is 9.53 Å². The molecule has 12 heteroatoms. The van der Waals surface area contributed by atoms with Crippen LogP contribution in [0.4, 0.5) is 10.1 Å². The maximum Gasteiger partial charge on any atom is 0.259 e. The van der Waals surface area contributed by atoms with Crippen LogP contribution in [0.3, 0.4) is 0 Å². The number of furan rings is 1. The third-order valence-corrected chi connectivity index (χ3v) is 10.4. The standard InChI is InChI=1S/C37H36FN5O6/c38-27-17-25-33-36(34(27)42-12-7-22(20-42)39-32(44)8-11-40-9-3-4-10-40)49-31-18-24-23-5-1-2-6-29(23)48-30(24)19-28(31)43(33)21-26(35(25)45)37(46)41-13-15-47-16-14-41/h1-2,5-6,17-19,21-22H,3-4,7-16,20H2,(H,39,44)/t22-/m1/s1. The number of halogens is 1. The first kappa shape index (κ1) is 30.1. The molecule has 11 nitrogen and oxygen atoms in total. The number of aromatic nitrogens is 1. The Labute approximate surface area is 280 Å². The van der Waals surface area contributed by atoms with Crippen LogP contribution < -0.4 is 20.4 Å². The molecule has 0 aliphatic carbocycles. The summed E-state index contributed by atoms with van der Waals surface area (Å²) in [5.41, 5.74) is 1.89. The van der Waals surface area contributed by atoms with Gasteiger partial charge in [-0.2, -0.15) is 0 Å². The van der Waals surface area contributed by atoms with E-state index < -0.39 is 17.2 Å². The van der Waals surface area contributed by atoms with Crippen LogP contribution in [0.25, 0.3) is 38.5 Å². The normalized spacial score (nSPS) is 19.2. The lowest BCUT2D eigenvalue weighted by atomic mass is 10.0. The summed E-state index contributed by atoms with van der Waals surface area (Å²) in [5, 5.41) is 4.93. The highest BCUT2D eigenvalue weighted by Crippen LogP contribution is 2.49. The fourth-order valence-corrected chi connectivity index (χ4v) is 7.85. The zero-order valence-electron chi connectivity index (χ0n) is 27.0. The van der Waals surface area contributed by atoms with Crippen molar-refractivity contribution in [3.8, 4) is 17.2 Å². The molecule has 0 bridgehead atoms. The molecule has 2 amide bonds. The number of fused-ring (bicyclic) bond motifs is 5. The summed E-state index contributed by atoms with van der Waals surface area (Å²) >= 11 is 0. The van der Waals surface area contributed by atoms with Gasteiger partial charge in [-0.1, -0.05) is 18.2 Å². The Morgan fingerprint density at radius 3 is 2.59 bits per heavy atom. The molecule has 9 rings (SSSR count). The van der Waals surface area contributed by atoms with E-state index in [-0.39, 0.29) is 34.3 Å². The summed E-state index contributed by atoms with van der Waals surface area (Å²) in [5.74, 6) is -0.406. The lowest BCUT2D eigenvalue weighted by Crippen LogP contribution is -2.42. The average Bonchev–Trinajstić information content (AvgIpc) is 3.88. The van der Waals surface area contributed by atoms with Gasteiger partial charge in [-0.15, -0.1) is 0 Å². The molecule has 0 unspecified atom stereocenters. The number of nitrogens with one attached hydrogen (secondary N) is 1. The van der Waals surface area contributed by atoms with E-state index in [0.29, 0.717) is 80.4 Å². The van der Waals surface area contributed by atoms with Crippen LogP contribution in [0.1, 0.15) is 36.0 Å². The van der Waals surface area contributed by atoms with Gasteiger partial charge in [0.15, 0.2) is 17.3 Å². The second-order valence-corrected chi connectivity index (χ2v) is 13.4. The monoisotopic (exact) mass is 665 g/mol. The Kier molecular flexibility index (Phi) is 7.31. The molecule has 2 aromatic heterocycles. The predicted molar refractivity (Wildman–Crippen MR) is 183 cm³/mol. The Hall–Kier alpha value is -4.94. The van der Waals surface area contributed by atoms with Crippen molar-refractivity contribution in [1.82, 2.24) is 19.7 Å². The van der Waals surface area contributed by atoms with Gasteiger partial charge < -0.3 is 38.5 Å². The molecule has 0 saturated carbocycles. The number of hydrogen-bond acceptors (Lipinski definition) is 8. The van der Waals surface area contributed by atoms with Crippen LogP contribution in [0, 0.1) is 5.82 Å². The number of pyridine rings is 1. The van der Waals surface area contributed by atoms with E-state index >= 15 is 4.39 Å². The molecule has 1 atom stereocenters. The molecule has 0 radical (unpaired) electrons. The largest absolute Gasteiger partial charge is 0.456 e. The van der Waals surface area contributed by atoms with E-state index in [1.165, 1.54) is 18.9 Å². The van der Waals surface area contributed by atoms with Crippen molar-refractivity contribution in [3.63, 3.8) is 0 Å². The third-order valence-electron chi connectivity index (χ3n) is 10.4. The van der Waals surface area contributed by atoms with Crippen molar-refractivity contribution in [3.05, 3.63) is 70.3 Å².